The van der Waals surface area contributed by atoms with Crippen LogP contribution in [0.4, 0.5) is 34.1 Å². The van der Waals surface area contributed by atoms with Crippen LogP contribution in [-0.2, 0) is 10.8 Å². The van der Waals surface area contributed by atoms with Gasteiger partial charge in [0.2, 0.25) is 0 Å². The molecule has 1 heterocycles. The predicted molar refractivity (Wildman–Crippen MR) is 211 cm³/mol. The second kappa shape index (κ2) is 11.4. The number of para-hydroxylation sites is 2. The van der Waals surface area contributed by atoms with Crippen LogP contribution in [0.3, 0.4) is 0 Å². The first-order valence-electron chi connectivity index (χ1n) is 17.6. The second-order valence-corrected chi connectivity index (χ2v) is 14.7. The van der Waals surface area contributed by atoms with Crippen LogP contribution in [0.25, 0.3) is 22.3 Å². The summed E-state index contributed by atoms with van der Waals surface area (Å²) in [6, 6.07) is 62.3. The highest BCUT2D eigenvalue weighted by Crippen LogP contribution is 2.54. The third-order valence-electron chi connectivity index (χ3n) is 11.0. The lowest BCUT2D eigenvalue weighted by Gasteiger charge is -2.42. The standard InChI is InChI=1S/C48H40N2/c1-47(2)41-20-12-11-19-39(41)40-29-27-37(31-44(40)47)49(36-25-23-34(24-26-36)33-15-7-5-8-16-33)38-28-30-43-46(32-38)50(35-17-9-6-10-18-35)45-22-14-13-21-42(45)48(43,3)4/h5-32H,1-4H3. The Morgan fingerprint density at radius 3 is 1.66 bits per heavy atom. The molecule has 9 rings (SSSR count). The fraction of sp³-hybridized carbons (Fsp3) is 0.125. The Morgan fingerprint density at radius 1 is 0.380 bits per heavy atom. The number of anilines is 6. The molecular weight excluding hydrogens is 605 g/mol. The molecule has 50 heavy (non-hydrogen) atoms. The molecular formula is C48H40N2. The van der Waals surface area contributed by atoms with E-state index in [2.05, 4.69) is 207 Å². The highest BCUT2D eigenvalue weighted by atomic mass is 15.2. The van der Waals surface area contributed by atoms with Gasteiger partial charge in [-0.3, -0.25) is 0 Å². The van der Waals surface area contributed by atoms with Crippen LogP contribution in [0.1, 0.15) is 49.9 Å². The lowest BCUT2D eigenvalue weighted by atomic mass is 9.73. The minimum atomic E-state index is -0.165. The van der Waals surface area contributed by atoms with E-state index in [0.717, 1.165) is 22.7 Å². The third-order valence-corrected chi connectivity index (χ3v) is 11.0. The van der Waals surface area contributed by atoms with Crippen molar-refractivity contribution in [2.24, 2.45) is 0 Å². The Labute approximate surface area is 295 Å². The van der Waals surface area contributed by atoms with Gasteiger partial charge in [0.05, 0.1) is 11.4 Å². The smallest absolute Gasteiger partial charge is 0.0523 e. The van der Waals surface area contributed by atoms with Crippen LogP contribution in [0.5, 0.6) is 0 Å². The van der Waals surface area contributed by atoms with Gasteiger partial charge in [-0.1, -0.05) is 143 Å². The van der Waals surface area contributed by atoms with Gasteiger partial charge in [-0.2, -0.15) is 0 Å². The summed E-state index contributed by atoms with van der Waals surface area (Å²) in [5.74, 6) is 0. The lowest BCUT2D eigenvalue weighted by molar-refractivity contribution is 0.632. The van der Waals surface area contributed by atoms with Crippen molar-refractivity contribution in [3.63, 3.8) is 0 Å². The fourth-order valence-electron chi connectivity index (χ4n) is 8.41. The molecule has 1 aliphatic heterocycles. The van der Waals surface area contributed by atoms with E-state index in [0.29, 0.717) is 0 Å². The third kappa shape index (κ3) is 4.63. The molecule has 2 heteroatoms. The number of rotatable bonds is 5. The molecule has 0 amide bonds. The van der Waals surface area contributed by atoms with Crippen molar-refractivity contribution >= 4 is 34.1 Å². The van der Waals surface area contributed by atoms with Crippen LogP contribution in [0.2, 0.25) is 0 Å². The van der Waals surface area contributed by atoms with Crippen molar-refractivity contribution in [3.05, 3.63) is 192 Å². The summed E-state index contributed by atoms with van der Waals surface area (Å²) in [6.45, 7) is 9.42. The largest absolute Gasteiger partial charge is 0.310 e. The van der Waals surface area contributed by atoms with Gasteiger partial charge in [0.15, 0.2) is 0 Å². The molecule has 0 aromatic heterocycles. The van der Waals surface area contributed by atoms with E-state index in [4.69, 9.17) is 0 Å². The Kier molecular flexibility index (Phi) is 6.86. The van der Waals surface area contributed by atoms with Gasteiger partial charge >= 0.3 is 0 Å². The first-order chi connectivity index (χ1) is 24.3. The van der Waals surface area contributed by atoms with Gasteiger partial charge in [-0.15, -0.1) is 0 Å². The molecule has 0 saturated carbocycles. The minimum Gasteiger partial charge on any atom is -0.310 e. The Morgan fingerprint density at radius 2 is 0.900 bits per heavy atom. The molecule has 0 radical (unpaired) electrons. The molecule has 0 saturated heterocycles. The molecule has 242 valence electrons. The topological polar surface area (TPSA) is 6.48 Å². The Bertz CT molecular complexity index is 2370. The molecule has 0 atom stereocenters. The van der Waals surface area contributed by atoms with Crippen molar-refractivity contribution in [2.75, 3.05) is 9.80 Å². The summed E-state index contributed by atoms with van der Waals surface area (Å²) in [6.07, 6.45) is 0. The zero-order chi connectivity index (χ0) is 34.0. The van der Waals surface area contributed by atoms with Crippen LogP contribution in [-0.4, -0.2) is 0 Å². The maximum absolute atomic E-state index is 2.44. The predicted octanol–water partition coefficient (Wildman–Crippen LogP) is 13.2. The van der Waals surface area contributed by atoms with Crippen molar-refractivity contribution < 1.29 is 0 Å². The molecule has 0 spiro atoms. The van der Waals surface area contributed by atoms with Crippen molar-refractivity contribution in [3.8, 4) is 22.3 Å². The summed E-state index contributed by atoms with van der Waals surface area (Å²) in [4.78, 5) is 4.88. The molecule has 7 aromatic rings. The van der Waals surface area contributed by atoms with E-state index in [1.165, 1.54) is 55.9 Å². The molecule has 2 aliphatic rings. The molecule has 0 N–H and O–H groups in total. The van der Waals surface area contributed by atoms with Crippen LogP contribution in [0.15, 0.2) is 170 Å². The molecule has 0 bridgehead atoms. The molecule has 1 aliphatic carbocycles. The van der Waals surface area contributed by atoms with Crippen molar-refractivity contribution in [1.29, 1.82) is 0 Å². The Balaban J connectivity index is 1.25. The Hall–Kier alpha value is -5.86. The van der Waals surface area contributed by atoms with Gasteiger partial charge in [0, 0.05) is 33.6 Å². The fourth-order valence-corrected chi connectivity index (χ4v) is 8.41. The van der Waals surface area contributed by atoms with Gasteiger partial charge in [0.25, 0.3) is 0 Å². The highest BCUT2D eigenvalue weighted by Gasteiger charge is 2.38. The van der Waals surface area contributed by atoms with Crippen LogP contribution >= 0.6 is 0 Å². The van der Waals surface area contributed by atoms with E-state index in [9.17, 15) is 0 Å². The summed E-state index contributed by atoms with van der Waals surface area (Å²) < 4.78 is 0. The van der Waals surface area contributed by atoms with Gasteiger partial charge < -0.3 is 9.80 Å². The monoisotopic (exact) mass is 644 g/mol. The number of hydrogen-bond acceptors (Lipinski definition) is 2. The van der Waals surface area contributed by atoms with E-state index in [1.807, 2.05) is 0 Å². The second-order valence-electron chi connectivity index (χ2n) is 14.7. The average molecular weight is 645 g/mol. The van der Waals surface area contributed by atoms with E-state index in [1.54, 1.807) is 0 Å². The van der Waals surface area contributed by atoms with Gasteiger partial charge in [0.1, 0.15) is 0 Å². The number of benzene rings is 7. The number of fused-ring (bicyclic) bond motifs is 5. The minimum absolute atomic E-state index is 0.0987. The van der Waals surface area contributed by atoms with E-state index in [-0.39, 0.29) is 10.8 Å². The summed E-state index contributed by atoms with van der Waals surface area (Å²) >= 11 is 0. The normalized spacial score (nSPS) is 14.7. The number of nitrogens with zero attached hydrogens (tertiary/aromatic N) is 2. The maximum atomic E-state index is 2.44. The summed E-state index contributed by atoms with van der Waals surface area (Å²) in [5.41, 5.74) is 17.2. The first kappa shape index (κ1) is 30.2. The molecule has 0 unspecified atom stereocenters. The lowest BCUT2D eigenvalue weighted by Crippen LogP contribution is -2.30. The first-order valence-corrected chi connectivity index (χ1v) is 17.6. The summed E-state index contributed by atoms with van der Waals surface area (Å²) in [7, 11) is 0. The van der Waals surface area contributed by atoms with Gasteiger partial charge in [-0.05, 0) is 99.1 Å². The molecule has 2 nitrogen and oxygen atoms in total. The van der Waals surface area contributed by atoms with Crippen LogP contribution in [0, 0.1) is 0 Å². The maximum Gasteiger partial charge on any atom is 0.0523 e. The van der Waals surface area contributed by atoms with Crippen LogP contribution < -0.4 is 9.80 Å². The number of hydrogen-bond donors (Lipinski definition) is 0. The van der Waals surface area contributed by atoms with E-state index >= 15 is 0 Å². The average Bonchev–Trinajstić information content (AvgIpc) is 3.38. The summed E-state index contributed by atoms with van der Waals surface area (Å²) in [5, 5.41) is 0. The molecule has 7 aromatic carbocycles. The SMILES string of the molecule is CC1(C)c2ccccc2-c2ccc(N(c3ccc(-c4ccccc4)cc3)c3ccc4c(c3)N(c3ccccc3)c3ccccc3C4(C)C)cc21. The van der Waals surface area contributed by atoms with E-state index < -0.39 is 0 Å². The van der Waals surface area contributed by atoms with Gasteiger partial charge in [-0.25, -0.2) is 0 Å². The van der Waals surface area contributed by atoms with Crippen molar-refractivity contribution in [1.82, 2.24) is 0 Å². The van der Waals surface area contributed by atoms with Crippen molar-refractivity contribution in [2.45, 2.75) is 38.5 Å². The zero-order valence-electron chi connectivity index (χ0n) is 29.1. The molecule has 0 fully saturated rings. The zero-order valence-corrected chi connectivity index (χ0v) is 29.1. The quantitative estimate of drug-likeness (QED) is 0.184. The highest BCUT2D eigenvalue weighted by molar-refractivity contribution is 5.91.